The Morgan fingerprint density at radius 2 is 1.79 bits per heavy atom. The van der Waals surface area contributed by atoms with E-state index >= 15 is 0 Å². The van der Waals surface area contributed by atoms with Gasteiger partial charge in [0.2, 0.25) is 0 Å². The normalized spacial score (nSPS) is 12.3. The van der Waals surface area contributed by atoms with Gasteiger partial charge in [-0.25, -0.2) is 0 Å². The Balaban J connectivity index is 2.48. The number of rotatable bonds is 4. The number of carboxylic acid groups (broad SMARTS) is 1. The third-order valence-corrected chi connectivity index (χ3v) is 3.84. The van der Waals surface area contributed by atoms with Crippen molar-refractivity contribution in [2.45, 2.75) is 11.2 Å². The van der Waals surface area contributed by atoms with Gasteiger partial charge in [-0.3, -0.25) is 9.59 Å². The maximum atomic E-state index is 12.3. The molecular weight excluding hydrogens is 332 g/mol. The molecule has 2 aromatic carbocycles. The van der Waals surface area contributed by atoms with Gasteiger partial charge >= 0.3 is 5.97 Å². The summed E-state index contributed by atoms with van der Waals surface area (Å²) in [6, 6.07) is 10.6. The molecule has 0 amide bonds. The molecule has 0 bridgehead atoms. The lowest BCUT2D eigenvalue weighted by atomic mass is 9.99. The van der Waals surface area contributed by atoms with Crippen LogP contribution in [0, 0.1) is 0 Å². The van der Waals surface area contributed by atoms with E-state index in [2.05, 4.69) is 15.9 Å². The lowest BCUT2D eigenvalue weighted by Crippen LogP contribution is -2.18. The number of carbonyl (C=O) groups excluding carboxylic acids is 1. The molecule has 1 N–H and O–H groups in total. The van der Waals surface area contributed by atoms with E-state index in [1.807, 2.05) is 18.2 Å². The molecule has 3 nitrogen and oxygen atoms in total. The number of aliphatic carboxylic acids is 1. The van der Waals surface area contributed by atoms with E-state index in [0.29, 0.717) is 10.6 Å². The van der Waals surface area contributed by atoms with Crippen molar-refractivity contribution < 1.29 is 14.7 Å². The lowest BCUT2D eigenvalue weighted by molar-refractivity contribution is -0.136. The molecule has 0 saturated heterocycles. The molecule has 0 aliphatic carbocycles. The first-order valence-corrected chi connectivity index (χ1v) is 6.87. The number of carboxylic acids is 1. The second kappa shape index (κ2) is 5.72. The van der Waals surface area contributed by atoms with Gasteiger partial charge in [0.05, 0.1) is 11.2 Å². The number of hydrogen-bond donors (Lipinski definition) is 1. The molecule has 0 saturated carbocycles. The smallest absolute Gasteiger partial charge is 0.304 e. The quantitative estimate of drug-likeness (QED) is 0.677. The number of carbonyl (C=O) groups is 2. The topological polar surface area (TPSA) is 54.4 Å². The van der Waals surface area contributed by atoms with Crippen LogP contribution in [0.15, 0.2) is 36.4 Å². The van der Waals surface area contributed by atoms with Crippen LogP contribution in [0.3, 0.4) is 0 Å². The number of ketones is 1. The van der Waals surface area contributed by atoms with Gasteiger partial charge in [0, 0.05) is 16.0 Å². The highest BCUT2D eigenvalue weighted by Gasteiger charge is 2.22. The van der Waals surface area contributed by atoms with E-state index in [1.54, 1.807) is 18.2 Å². The number of halogens is 2. The van der Waals surface area contributed by atoms with E-state index in [4.69, 9.17) is 16.7 Å². The Hall–Kier alpha value is -1.39. The second-order valence-corrected chi connectivity index (χ2v) is 5.58. The highest BCUT2D eigenvalue weighted by atomic mass is 79.9. The highest BCUT2D eigenvalue weighted by Crippen LogP contribution is 2.28. The van der Waals surface area contributed by atoms with Gasteiger partial charge in [0.25, 0.3) is 0 Å². The second-order valence-electron chi connectivity index (χ2n) is 4.07. The summed E-state index contributed by atoms with van der Waals surface area (Å²) < 4.78 is 0. The highest BCUT2D eigenvalue weighted by molar-refractivity contribution is 9.10. The summed E-state index contributed by atoms with van der Waals surface area (Å²) in [5.74, 6) is -1.27. The molecular formula is C14H10BrClO3. The average molecular weight is 342 g/mol. The van der Waals surface area contributed by atoms with Crippen LogP contribution in [0.25, 0.3) is 10.8 Å². The molecule has 5 heteroatoms. The van der Waals surface area contributed by atoms with Crippen molar-refractivity contribution in [1.82, 2.24) is 0 Å². The van der Waals surface area contributed by atoms with Crippen LogP contribution in [-0.4, -0.2) is 21.7 Å². The third kappa shape index (κ3) is 2.96. The van der Waals surface area contributed by atoms with Crippen molar-refractivity contribution in [1.29, 1.82) is 0 Å². The molecule has 19 heavy (non-hydrogen) atoms. The van der Waals surface area contributed by atoms with E-state index < -0.39 is 10.8 Å². The standard InChI is InChI=1S/C14H10BrClO3/c15-11(7-13(17)18)14(19)10-5-6-12(16)9-4-2-1-3-8(9)10/h1-6,11H,7H2,(H,17,18). The number of benzene rings is 2. The van der Waals surface area contributed by atoms with E-state index in [0.717, 1.165) is 10.8 Å². The van der Waals surface area contributed by atoms with Crippen LogP contribution in [0.4, 0.5) is 0 Å². The molecule has 1 unspecified atom stereocenters. The third-order valence-electron chi connectivity index (χ3n) is 2.77. The predicted octanol–water partition coefficient (Wildman–Crippen LogP) is 3.91. The molecule has 0 aromatic heterocycles. The van der Waals surface area contributed by atoms with Crippen LogP contribution in [-0.2, 0) is 4.79 Å². The van der Waals surface area contributed by atoms with Gasteiger partial charge in [-0.1, -0.05) is 51.8 Å². The Kier molecular flexibility index (Phi) is 4.22. The summed E-state index contributed by atoms with van der Waals surface area (Å²) in [7, 11) is 0. The van der Waals surface area contributed by atoms with E-state index in [1.165, 1.54) is 0 Å². The number of fused-ring (bicyclic) bond motifs is 1. The maximum absolute atomic E-state index is 12.3. The van der Waals surface area contributed by atoms with E-state index in [-0.39, 0.29) is 12.2 Å². The summed E-state index contributed by atoms with van der Waals surface area (Å²) in [5, 5.41) is 10.8. The predicted molar refractivity (Wildman–Crippen MR) is 78.3 cm³/mol. The molecule has 0 aliphatic rings. The summed E-state index contributed by atoms with van der Waals surface area (Å²) in [6.45, 7) is 0. The zero-order chi connectivity index (χ0) is 14.0. The average Bonchev–Trinajstić information content (AvgIpc) is 2.38. The van der Waals surface area contributed by atoms with Crippen LogP contribution >= 0.6 is 27.5 Å². The van der Waals surface area contributed by atoms with Gasteiger partial charge in [0.1, 0.15) is 0 Å². The van der Waals surface area contributed by atoms with Crippen LogP contribution < -0.4 is 0 Å². The first-order valence-electron chi connectivity index (χ1n) is 5.58. The van der Waals surface area contributed by atoms with Gasteiger partial charge in [0.15, 0.2) is 5.78 Å². The molecule has 98 valence electrons. The molecule has 2 rings (SSSR count). The summed E-state index contributed by atoms with van der Waals surface area (Å²) in [5.41, 5.74) is 0.475. The lowest BCUT2D eigenvalue weighted by Gasteiger charge is -2.10. The van der Waals surface area contributed by atoms with E-state index in [9.17, 15) is 9.59 Å². The first-order chi connectivity index (χ1) is 9.00. The number of Topliss-reactive ketones (excluding diaryl/α,β-unsaturated/α-hetero) is 1. The molecule has 0 spiro atoms. The molecule has 0 radical (unpaired) electrons. The molecule has 0 aliphatic heterocycles. The fourth-order valence-corrected chi connectivity index (χ4v) is 2.64. The minimum absolute atomic E-state index is 0.254. The van der Waals surface area contributed by atoms with Gasteiger partial charge in [-0.15, -0.1) is 0 Å². The fourth-order valence-electron chi connectivity index (χ4n) is 1.89. The molecule has 0 heterocycles. The minimum Gasteiger partial charge on any atom is -0.481 e. The molecule has 0 fully saturated rings. The zero-order valence-electron chi connectivity index (χ0n) is 9.77. The van der Waals surface area contributed by atoms with Crippen molar-refractivity contribution in [3.05, 3.63) is 47.0 Å². The monoisotopic (exact) mass is 340 g/mol. The first kappa shape index (κ1) is 14.0. The maximum Gasteiger partial charge on any atom is 0.304 e. The van der Waals surface area contributed by atoms with Gasteiger partial charge in [-0.05, 0) is 17.5 Å². The van der Waals surface area contributed by atoms with Crippen molar-refractivity contribution in [3.63, 3.8) is 0 Å². The molecule has 1 atom stereocenters. The van der Waals surface area contributed by atoms with Crippen molar-refractivity contribution in [2.24, 2.45) is 0 Å². The Morgan fingerprint density at radius 1 is 1.16 bits per heavy atom. The van der Waals surface area contributed by atoms with Crippen molar-refractivity contribution in [3.8, 4) is 0 Å². The Labute approximate surface area is 123 Å². The number of hydrogen-bond acceptors (Lipinski definition) is 2. The number of alkyl halides is 1. The van der Waals surface area contributed by atoms with Crippen molar-refractivity contribution in [2.75, 3.05) is 0 Å². The van der Waals surface area contributed by atoms with Crippen LogP contribution in [0.2, 0.25) is 5.02 Å². The Morgan fingerprint density at radius 3 is 2.42 bits per heavy atom. The van der Waals surface area contributed by atoms with Crippen molar-refractivity contribution >= 4 is 50.1 Å². The van der Waals surface area contributed by atoms with Gasteiger partial charge in [-0.2, -0.15) is 0 Å². The molecule has 2 aromatic rings. The fraction of sp³-hybridized carbons (Fsp3) is 0.143. The van der Waals surface area contributed by atoms with Gasteiger partial charge < -0.3 is 5.11 Å². The minimum atomic E-state index is -1.02. The zero-order valence-corrected chi connectivity index (χ0v) is 12.1. The SMILES string of the molecule is O=C(O)CC(Br)C(=O)c1ccc(Cl)c2ccccc12. The van der Waals surface area contributed by atoms with Crippen LogP contribution in [0.5, 0.6) is 0 Å². The summed E-state index contributed by atoms with van der Waals surface area (Å²) in [6.07, 6.45) is -0.254. The van der Waals surface area contributed by atoms with Crippen LogP contribution in [0.1, 0.15) is 16.8 Å². The summed E-state index contributed by atoms with van der Waals surface area (Å²) in [4.78, 5) is 22.2. The Bertz CT molecular complexity index is 654. The summed E-state index contributed by atoms with van der Waals surface area (Å²) >= 11 is 9.20. The largest absolute Gasteiger partial charge is 0.481 e.